The van der Waals surface area contributed by atoms with Crippen molar-refractivity contribution < 1.29 is 24.5 Å². The monoisotopic (exact) mass is 1100 g/mol. The van der Waals surface area contributed by atoms with Crippen LogP contribution in [0.4, 0.5) is 0 Å². The second kappa shape index (κ2) is 68.1. The van der Waals surface area contributed by atoms with Gasteiger partial charge in [0, 0.05) is 12.8 Å². The lowest BCUT2D eigenvalue weighted by Gasteiger charge is -2.22. The number of ether oxygens (including phenoxy) is 1. The highest BCUT2D eigenvalue weighted by Crippen LogP contribution is 2.19. The SMILES string of the molecule is CCCCCCCC/C=C\CCCCCCCCCC(=O)OCCCCCCCCCCCCCCCCCCCCCCCCCCCCC(=O)NC(CO)C(O)CCCCCCCCCCCCCCCCCCCC. The number of amides is 1. The van der Waals surface area contributed by atoms with Crippen LogP contribution < -0.4 is 5.32 Å². The van der Waals surface area contributed by atoms with E-state index in [4.69, 9.17) is 4.74 Å². The smallest absolute Gasteiger partial charge is 0.305 e. The number of esters is 1. The summed E-state index contributed by atoms with van der Waals surface area (Å²) in [5.41, 5.74) is 0. The van der Waals surface area contributed by atoms with Crippen molar-refractivity contribution in [2.24, 2.45) is 0 Å². The maximum atomic E-state index is 12.5. The second-order valence-electron chi connectivity index (χ2n) is 24.9. The van der Waals surface area contributed by atoms with Gasteiger partial charge in [0.2, 0.25) is 5.91 Å². The highest BCUT2D eigenvalue weighted by Gasteiger charge is 2.20. The van der Waals surface area contributed by atoms with E-state index in [1.807, 2.05) is 0 Å². The molecule has 0 aromatic heterocycles. The number of nitrogens with one attached hydrogen (secondary N) is 1. The van der Waals surface area contributed by atoms with E-state index in [1.165, 1.54) is 334 Å². The van der Waals surface area contributed by atoms with Crippen molar-refractivity contribution in [1.82, 2.24) is 5.32 Å². The molecule has 0 radical (unpaired) electrons. The molecular weight excluding hydrogens is 959 g/mol. The van der Waals surface area contributed by atoms with Gasteiger partial charge >= 0.3 is 5.97 Å². The molecule has 78 heavy (non-hydrogen) atoms. The average molecular weight is 1100 g/mol. The van der Waals surface area contributed by atoms with Gasteiger partial charge in [-0.1, -0.05) is 360 Å². The summed E-state index contributed by atoms with van der Waals surface area (Å²) in [5, 5.41) is 23.4. The molecule has 464 valence electrons. The van der Waals surface area contributed by atoms with E-state index in [2.05, 4.69) is 31.3 Å². The van der Waals surface area contributed by atoms with Crippen LogP contribution in [0.25, 0.3) is 0 Å². The molecule has 0 saturated heterocycles. The predicted molar refractivity (Wildman–Crippen MR) is 343 cm³/mol. The molecule has 0 aliphatic rings. The molecule has 0 aromatic rings. The minimum atomic E-state index is -0.663. The number of hydrogen-bond donors (Lipinski definition) is 3. The Kier molecular flexibility index (Phi) is 66.9. The topological polar surface area (TPSA) is 95.9 Å². The molecule has 0 rings (SSSR count). The fourth-order valence-corrected chi connectivity index (χ4v) is 11.6. The zero-order valence-electron chi connectivity index (χ0n) is 53.2. The molecular formula is C72H141NO5. The van der Waals surface area contributed by atoms with Crippen molar-refractivity contribution in [2.75, 3.05) is 13.2 Å². The van der Waals surface area contributed by atoms with E-state index in [9.17, 15) is 19.8 Å². The lowest BCUT2D eigenvalue weighted by molar-refractivity contribution is -0.143. The zero-order valence-corrected chi connectivity index (χ0v) is 53.2. The summed E-state index contributed by atoms with van der Waals surface area (Å²) in [6.07, 6.45) is 84.0. The number of rotatable bonds is 68. The Morgan fingerprint density at radius 3 is 0.910 bits per heavy atom. The Hall–Kier alpha value is -1.40. The normalized spacial score (nSPS) is 12.5. The lowest BCUT2D eigenvalue weighted by Crippen LogP contribution is -2.45. The molecule has 0 aromatic carbocycles. The molecule has 6 nitrogen and oxygen atoms in total. The van der Waals surface area contributed by atoms with Crippen LogP contribution in [0, 0.1) is 0 Å². The first kappa shape index (κ1) is 76.6. The summed E-state index contributed by atoms with van der Waals surface area (Å²) < 4.78 is 5.50. The minimum Gasteiger partial charge on any atom is -0.466 e. The Morgan fingerprint density at radius 1 is 0.346 bits per heavy atom. The molecule has 6 heteroatoms. The van der Waals surface area contributed by atoms with Crippen LogP contribution in [0.1, 0.15) is 412 Å². The average Bonchev–Trinajstić information content (AvgIpc) is 3.44. The van der Waals surface area contributed by atoms with E-state index >= 15 is 0 Å². The number of unbranched alkanes of at least 4 members (excludes halogenated alkanes) is 55. The molecule has 0 spiro atoms. The van der Waals surface area contributed by atoms with Crippen LogP contribution in [0.15, 0.2) is 12.2 Å². The van der Waals surface area contributed by atoms with E-state index in [1.54, 1.807) is 0 Å². The van der Waals surface area contributed by atoms with Crippen LogP contribution in [0.3, 0.4) is 0 Å². The van der Waals surface area contributed by atoms with Crippen molar-refractivity contribution in [3.63, 3.8) is 0 Å². The zero-order chi connectivity index (χ0) is 56.4. The van der Waals surface area contributed by atoms with E-state index in [0.717, 1.165) is 44.9 Å². The summed E-state index contributed by atoms with van der Waals surface area (Å²) in [6, 6.07) is -0.540. The number of carbonyl (C=O) groups is 2. The van der Waals surface area contributed by atoms with Gasteiger partial charge < -0.3 is 20.3 Å². The summed E-state index contributed by atoms with van der Waals surface area (Å²) in [5.74, 6) is -0.0133. The van der Waals surface area contributed by atoms with Crippen LogP contribution in [0.2, 0.25) is 0 Å². The number of carbonyl (C=O) groups excluding carboxylic acids is 2. The largest absolute Gasteiger partial charge is 0.466 e. The van der Waals surface area contributed by atoms with Gasteiger partial charge in [-0.15, -0.1) is 0 Å². The summed E-state index contributed by atoms with van der Waals surface area (Å²) in [4.78, 5) is 24.6. The van der Waals surface area contributed by atoms with E-state index in [0.29, 0.717) is 25.9 Å². The number of hydrogen-bond acceptors (Lipinski definition) is 5. The maximum Gasteiger partial charge on any atom is 0.305 e. The summed E-state index contributed by atoms with van der Waals surface area (Å²) >= 11 is 0. The minimum absolute atomic E-state index is 0.0151. The maximum absolute atomic E-state index is 12.5. The molecule has 0 heterocycles. The molecule has 2 atom stereocenters. The van der Waals surface area contributed by atoms with Gasteiger partial charge in [-0.3, -0.25) is 9.59 Å². The molecule has 3 N–H and O–H groups in total. The summed E-state index contributed by atoms with van der Waals surface area (Å²) in [7, 11) is 0. The quantitative estimate of drug-likeness (QED) is 0.0320. The number of allylic oxidation sites excluding steroid dienone is 2. The molecule has 0 saturated carbocycles. The Bertz CT molecular complexity index is 1180. The molecule has 0 aliphatic carbocycles. The van der Waals surface area contributed by atoms with E-state index in [-0.39, 0.29) is 18.5 Å². The first-order valence-corrected chi connectivity index (χ1v) is 35.9. The van der Waals surface area contributed by atoms with Crippen LogP contribution in [-0.4, -0.2) is 47.4 Å². The third-order valence-electron chi connectivity index (χ3n) is 17.1. The fourth-order valence-electron chi connectivity index (χ4n) is 11.6. The standard InChI is InChI=1S/C72H141NO5/c1-3-5-7-9-11-13-15-17-19-21-33-36-40-44-48-52-56-60-64-70(75)69(68-74)73-71(76)65-61-57-53-49-45-41-37-34-30-28-26-24-22-23-25-27-29-31-35-39-43-47-51-55-59-63-67-78-72(77)66-62-58-54-50-46-42-38-32-20-18-16-14-12-10-8-6-4-2/h18,20,69-70,74-75H,3-17,19,21-68H2,1-2H3,(H,73,76)/b20-18-. The van der Waals surface area contributed by atoms with Gasteiger partial charge in [-0.25, -0.2) is 0 Å². The van der Waals surface area contributed by atoms with Gasteiger partial charge in [0.1, 0.15) is 0 Å². The van der Waals surface area contributed by atoms with Crippen molar-refractivity contribution in [2.45, 2.75) is 424 Å². The van der Waals surface area contributed by atoms with Gasteiger partial charge in [0.25, 0.3) is 0 Å². The van der Waals surface area contributed by atoms with Crippen LogP contribution in [0.5, 0.6) is 0 Å². The Balaban J connectivity index is 3.34. The van der Waals surface area contributed by atoms with Crippen molar-refractivity contribution in [3.8, 4) is 0 Å². The second-order valence-corrected chi connectivity index (χ2v) is 24.9. The van der Waals surface area contributed by atoms with Gasteiger partial charge in [-0.2, -0.15) is 0 Å². The molecule has 2 unspecified atom stereocenters. The first-order chi connectivity index (χ1) is 38.5. The number of aliphatic hydroxyl groups excluding tert-OH is 2. The first-order valence-electron chi connectivity index (χ1n) is 35.9. The van der Waals surface area contributed by atoms with Gasteiger partial charge in [0.05, 0.1) is 25.4 Å². The van der Waals surface area contributed by atoms with E-state index < -0.39 is 12.1 Å². The lowest BCUT2D eigenvalue weighted by atomic mass is 10.0. The molecule has 0 fully saturated rings. The highest BCUT2D eigenvalue weighted by atomic mass is 16.5. The third kappa shape index (κ3) is 63.8. The predicted octanol–water partition coefficient (Wildman–Crippen LogP) is 23.1. The highest BCUT2D eigenvalue weighted by molar-refractivity contribution is 5.76. The van der Waals surface area contributed by atoms with Gasteiger partial charge in [0.15, 0.2) is 0 Å². The number of aliphatic hydroxyl groups is 2. The molecule has 1 amide bonds. The summed E-state index contributed by atoms with van der Waals surface area (Å²) in [6.45, 7) is 4.99. The third-order valence-corrected chi connectivity index (χ3v) is 17.1. The van der Waals surface area contributed by atoms with Crippen molar-refractivity contribution in [1.29, 1.82) is 0 Å². The molecule has 0 bridgehead atoms. The van der Waals surface area contributed by atoms with Crippen molar-refractivity contribution in [3.05, 3.63) is 12.2 Å². The Morgan fingerprint density at radius 2 is 0.603 bits per heavy atom. The fraction of sp³-hybridized carbons (Fsp3) is 0.944. The van der Waals surface area contributed by atoms with Gasteiger partial charge in [-0.05, 0) is 51.4 Å². The Labute approximate surface area is 489 Å². The van der Waals surface area contributed by atoms with Crippen LogP contribution >= 0.6 is 0 Å². The molecule has 0 aliphatic heterocycles. The van der Waals surface area contributed by atoms with Crippen molar-refractivity contribution >= 4 is 11.9 Å². The van der Waals surface area contributed by atoms with Crippen LogP contribution in [-0.2, 0) is 14.3 Å².